The predicted molar refractivity (Wildman–Crippen MR) is 73.8 cm³/mol. The average Bonchev–Trinajstić information content (AvgIpc) is 2.55. The van der Waals surface area contributed by atoms with Gasteiger partial charge in [0.15, 0.2) is 0 Å². The van der Waals surface area contributed by atoms with Crippen LogP contribution in [0.1, 0.15) is 25.2 Å². The number of anilines is 2. The molecule has 2 aromatic rings. The Bertz CT molecular complexity index is 576. The molecule has 6 heteroatoms. The molecule has 0 atom stereocenters. The molecule has 2 heterocycles. The molecule has 102 valence electrons. The van der Waals surface area contributed by atoms with E-state index in [1.807, 2.05) is 47.0 Å². The number of nitrogens with one attached hydrogen (secondary N) is 1. The zero-order valence-electron chi connectivity index (χ0n) is 11.9. The van der Waals surface area contributed by atoms with Gasteiger partial charge in [0.25, 0.3) is 0 Å². The van der Waals surface area contributed by atoms with Gasteiger partial charge in [0.05, 0.1) is 17.5 Å². The maximum Gasteiger partial charge on any atom is 0.230 e. The van der Waals surface area contributed by atoms with Crippen LogP contribution in [0.2, 0.25) is 0 Å². The highest BCUT2D eigenvalue weighted by atomic mass is 16.5. The van der Waals surface area contributed by atoms with Gasteiger partial charge in [-0.1, -0.05) is 0 Å². The Morgan fingerprint density at radius 1 is 1.26 bits per heavy atom. The molecule has 0 amide bonds. The van der Waals surface area contributed by atoms with Gasteiger partial charge < -0.3 is 10.1 Å². The fraction of sp³-hybridized carbons (Fsp3) is 0.462. The Balaban J connectivity index is 2.25. The highest BCUT2D eigenvalue weighted by molar-refractivity contribution is 5.55. The predicted octanol–water partition coefficient (Wildman–Crippen LogP) is 2.36. The van der Waals surface area contributed by atoms with Crippen molar-refractivity contribution in [2.75, 3.05) is 5.32 Å². The van der Waals surface area contributed by atoms with E-state index >= 15 is 0 Å². The van der Waals surface area contributed by atoms with Crippen molar-refractivity contribution in [3.63, 3.8) is 0 Å². The quantitative estimate of drug-likeness (QED) is 0.915. The van der Waals surface area contributed by atoms with Crippen LogP contribution in [0, 0.1) is 13.8 Å². The van der Waals surface area contributed by atoms with Gasteiger partial charge in [-0.25, -0.2) is 4.98 Å². The first-order chi connectivity index (χ1) is 8.94. The van der Waals surface area contributed by atoms with Crippen LogP contribution in [-0.4, -0.2) is 25.9 Å². The molecule has 0 saturated heterocycles. The monoisotopic (exact) mass is 261 g/mol. The molecule has 0 aliphatic heterocycles. The van der Waals surface area contributed by atoms with Crippen molar-refractivity contribution in [3.05, 3.63) is 23.7 Å². The lowest BCUT2D eigenvalue weighted by Gasteiger charge is -2.11. The van der Waals surface area contributed by atoms with Gasteiger partial charge >= 0.3 is 0 Å². The third-order valence-electron chi connectivity index (χ3n) is 2.45. The van der Waals surface area contributed by atoms with Crippen LogP contribution in [0.3, 0.4) is 0 Å². The third-order valence-corrected chi connectivity index (χ3v) is 2.45. The lowest BCUT2D eigenvalue weighted by molar-refractivity contribution is 0.232. The van der Waals surface area contributed by atoms with Crippen LogP contribution in [0.25, 0.3) is 0 Å². The molecule has 1 N–H and O–H groups in total. The Kier molecular flexibility index (Phi) is 3.69. The van der Waals surface area contributed by atoms with E-state index in [0.29, 0.717) is 11.8 Å². The first-order valence-corrected chi connectivity index (χ1v) is 6.23. The van der Waals surface area contributed by atoms with E-state index in [2.05, 4.69) is 20.4 Å². The Hall–Kier alpha value is -2.11. The minimum absolute atomic E-state index is 0.0854. The van der Waals surface area contributed by atoms with Crippen molar-refractivity contribution >= 4 is 11.6 Å². The van der Waals surface area contributed by atoms with E-state index in [1.165, 1.54) is 0 Å². The maximum absolute atomic E-state index is 5.60. The highest BCUT2D eigenvalue weighted by Gasteiger charge is 2.08. The molecular weight excluding hydrogens is 242 g/mol. The van der Waals surface area contributed by atoms with Gasteiger partial charge in [-0.2, -0.15) is 10.1 Å². The molecule has 0 bridgehead atoms. The summed E-state index contributed by atoms with van der Waals surface area (Å²) < 4.78 is 7.35. The van der Waals surface area contributed by atoms with Crippen LogP contribution in [0.4, 0.5) is 11.6 Å². The summed E-state index contributed by atoms with van der Waals surface area (Å²) in [6.07, 6.45) is 1.98. The largest absolute Gasteiger partial charge is 0.475 e. The lowest BCUT2D eigenvalue weighted by atomic mass is 10.4. The number of aromatic nitrogens is 4. The van der Waals surface area contributed by atoms with Gasteiger partial charge in [-0.15, -0.1) is 0 Å². The molecular formula is C13H19N5O. The van der Waals surface area contributed by atoms with Gasteiger partial charge in [0.2, 0.25) is 11.8 Å². The highest BCUT2D eigenvalue weighted by Crippen LogP contribution is 2.19. The first kappa shape index (κ1) is 13.3. The molecule has 2 aromatic heterocycles. The Labute approximate surface area is 112 Å². The van der Waals surface area contributed by atoms with Crippen LogP contribution in [-0.2, 0) is 7.05 Å². The summed E-state index contributed by atoms with van der Waals surface area (Å²) in [6.45, 7) is 7.78. The number of hydrogen-bond donors (Lipinski definition) is 1. The third kappa shape index (κ3) is 3.43. The van der Waals surface area contributed by atoms with E-state index in [9.17, 15) is 0 Å². The Morgan fingerprint density at radius 3 is 2.58 bits per heavy atom. The van der Waals surface area contributed by atoms with E-state index in [0.717, 1.165) is 17.1 Å². The molecule has 0 radical (unpaired) electrons. The summed E-state index contributed by atoms with van der Waals surface area (Å²) >= 11 is 0. The van der Waals surface area contributed by atoms with Crippen LogP contribution < -0.4 is 10.1 Å². The van der Waals surface area contributed by atoms with Crippen molar-refractivity contribution in [3.8, 4) is 5.88 Å². The number of ether oxygens (including phenoxy) is 1. The van der Waals surface area contributed by atoms with E-state index in [4.69, 9.17) is 4.74 Å². The normalized spacial score (nSPS) is 10.8. The van der Waals surface area contributed by atoms with Crippen molar-refractivity contribution in [1.29, 1.82) is 0 Å². The van der Waals surface area contributed by atoms with E-state index in [-0.39, 0.29) is 6.10 Å². The molecule has 19 heavy (non-hydrogen) atoms. The smallest absolute Gasteiger partial charge is 0.230 e. The van der Waals surface area contributed by atoms with Crippen molar-refractivity contribution in [2.45, 2.75) is 33.8 Å². The number of nitrogens with zero attached hydrogens (tertiary/aromatic N) is 4. The topological polar surface area (TPSA) is 64.9 Å². The molecule has 0 aliphatic rings. The van der Waals surface area contributed by atoms with Crippen LogP contribution in [0.15, 0.2) is 12.3 Å². The molecule has 2 rings (SSSR count). The molecule has 0 aromatic carbocycles. The van der Waals surface area contributed by atoms with Crippen molar-refractivity contribution < 1.29 is 4.74 Å². The summed E-state index contributed by atoms with van der Waals surface area (Å²) in [5.74, 6) is 1.10. The second-order valence-electron chi connectivity index (χ2n) is 4.76. The fourth-order valence-corrected chi connectivity index (χ4v) is 1.74. The minimum atomic E-state index is 0.0854. The van der Waals surface area contributed by atoms with E-state index < -0.39 is 0 Å². The maximum atomic E-state index is 5.60. The standard InChI is InChI=1S/C13H19N5O/c1-8(2)19-12-6-9(3)14-13(16-12)15-11-7-18(5)17-10(11)4/h6-8H,1-5H3,(H,14,15,16). The Morgan fingerprint density at radius 2 is 2.00 bits per heavy atom. The molecule has 0 unspecified atom stereocenters. The molecule has 0 fully saturated rings. The summed E-state index contributed by atoms with van der Waals surface area (Å²) in [5, 5.41) is 7.43. The number of hydrogen-bond acceptors (Lipinski definition) is 5. The van der Waals surface area contributed by atoms with Crippen LogP contribution >= 0.6 is 0 Å². The van der Waals surface area contributed by atoms with Crippen molar-refractivity contribution in [2.24, 2.45) is 7.05 Å². The van der Waals surface area contributed by atoms with Gasteiger partial charge in [0, 0.05) is 25.0 Å². The second kappa shape index (κ2) is 5.26. The second-order valence-corrected chi connectivity index (χ2v) is 4.76. The van der Waals surface area contributed by atoms with Gasteiger partial charge in [0.1, 0.15) is 0 Å². The van der Waals surface area contributed by atoms with Crippen LogP contribution in [0.5, 0.6) is 5.88 Å². The molecule has 0 saturated carbocycles. The molecule has 0 spiro atoms. The van der Waals surface area contributed by atoms with Gasteiger partial charge in [-0.3, -0.25) is 4.68 Å². The van der Waals surface area contributed by atoms with Crippen molar-refractivity contribution in [1.82, 2.24) is 19.7 Å². The zero-order chi connectivity index (χ0) is 14.0. The summed E-state index contributed by atoms with van der Waals surface area (Å²) in [5.41, 5.74) is 2.65. The number of aryl methyl sites for hydroxylation is 3. The molecule has 6 nitrogen and oxygen atoms in total. The summed E-state index contributed by atoms with van der Waals surface area (Å²) in [4.78, 5) is 8.69. The average molecular weight is 261 g/mol. The summed E-state index contributed by atoms with van der Waals surface area (Å²) in [6, 6.07) is 1.82. The number of rotatable bonds is 4. The van der Waals surface area contributed by atoms with Gasteiger partial charge in [-0.05, 0) is 27.7 Å². The van der Waals surface area contributed by atoms with E-state index in [1.54, 1.807) is 4.68 Å². The minimum Gasteiger partial charge on any atom is -0.475 e. The zero-order valence-corrected chi connectivity index (χ0v) is 11.9. The SMILES string of the molecule is Cc1cc(OC(C)C)nc(Nc2cn(C)nc2C)n1. The molecule has 0 aliphatic carbocycles. The fourth-order valence-electron chi connectivity index (χ4n) is 1.74. The first-order valence-electron chi connectivity index (χ1n) is 6.23. The summed E-state index contributed by atoms with van der Waals surface area (Å²) in [7, 11) is 1.88. The lowest BCUT2D eigenvalue weighted by Crippen LogP contribution is -2.09.